The standard InChI is InChI=1S/C22H30O.C17H23F3O3/c1-2-3-4-5-6-7-8-12-19-23-22-17-15-21(16-18-22)20-13-10-9-11-14-20;1-2-3-4-5-6-14(17(18,19)20)11-12-23-15-9-7-13(8-10-15)16(21)22/h9-11,13-18H,2-8,12,19H2,1H3;7-10,14H,2-6,11-12H2,1H3,(H,21,22). The van der Waals surface area contributed by atoms with Crippen LogP contribution in [0.25, 0.3) is 11.1 Å². The molecule has 0 saturated carbocycles. The molecular formula is C39H53F3O4. The molecule has 254 valence electrons. The largest absolute Gasteiger partial charge is 0.494 e. The van der Waals surface area contributed by atoms with Gasteiger partial charge in [-0.05, 0) is 66.8 Å². The van der Waals surface area contributed by atoms with E-state index in [0.29, 0.717) is 12.2 Å². The monoisotopic (exact) mass is 642 g/mol. The molecule has 0 aromatic heterocycles. The lowest BCUT2D eigenvalue weighted by molar-refractivity contribution is -0.179. The summed E-state index contributed by atoms with van der Waals surface area (Å²) < 4.78 is 50.1. The third kappa shape index (κ3) is 16.7. The lowest BCUT2D eigenvalue weighted by Gasteiger charge is -2.20. The van der Waals surface area contributed by atoms with Gasteiger partial charge in [0.1, 0.15) is 11.5 Å². The zero-order valence-electron chi connectivity index (χ0n) is 27.7. The van der Waals surface area contributed by atoms with Crippen molar-refractivity contribution in [1.82, 2.24) is 0 Å². The Morgan fingerprint density at radius 3 is 1.63 bits per heavy atom. The molecule has 0 amide bonds. The van der Waals surface area contributed by atoms with Crippen LogP contribution in [-0.2, 0) is 0 Å². The molecule has 0 radical (unpaired) electrons. The Labute approximate surface area is 274 Å². The number of benzene rings is 3. The fourth-order valence-electron chi connectivity index (χ4n) is 5.10. The molecule has 0 saturated heterocycles. The van der Waals surface area contributed by atoms with Crippen LogP contribution in [-0.4, -0.2) is 30.5 Å². The summed E-state index contributed by atoms with van der Waals surface area (Å²) in [4.78, 5) is 10.7. The van der Waals surface area contributed by atoms with Crippen molar-refractivity contribution in [2.24, 2.45) is 5.92 Å². The number of halogens is 3. The fourth-order valence-corrected chi connectivity index (χ4v) is 5.10. The number of aromatic carboxylic acids is 1. The first kappa shape index (κ1) is 38.7. The Balaban J connectivity index is 0.000000320. The Kier molecular flexibility index (Phi) is 19.3. The molecule has 1 unspecified atom stereocenters. The van der Waals surface area contributed by atoms with Gasteiger partial charge in [-0.25, -0.2) is 4.79 Å². The van der Waals surface area contributed by atoms with E-state index < -0.39 is 18.1 Å². The van der Waals surface area contributed by atoms with Crippen molar-refractivity contribution in [3.63, 3.8) is 0 Å². The van der Waals surface area contributed by atoms with Crippen molar-refractivity contribution < 1.29 is 32.5 Å². The van der Waals surface area contributed by atoms with Crippen LogP contribution in [0.1, 0.15) is 114 Å². The highest BCUT2D eigenvalue weighted by Gasteiger charge is 2.38. The Morgan fingerprint density at radius 2 is 1.09 bits per heavy atom. The minimum atomic E-state index is -4.21. The second kappa shape index (κ2) is 22.9. The molecule has 46 heavy (non-hydrogen) atoms. The van der Waals surface area contributed by atoms with Crippen LogP contribution in [0.5, 0.6) is 11.5 Å². The average Bonchev–Trinajstić information content (AvgIpc) is 3.06. The van der Waals surface area contributed by atoms with Crippen molar-refractivity contribution >= 4 is 5.97 Å². The summed E-state index contributed by atoms with van der Waals surface area (Å²) in [5.41, 5.74) is 2.61. The molecule has 0 aliphatic rings. The first-order valence-corrected chi connectivity index (χ1v) is 17.1. The average molecular weight is 643 g/mol. The van der Waals surface area contributed by atoms with Gasteiger partial charge in [0.2, 0.25) is 0 Å². The maximum Gasteiger partial charge on any atom is 0.391 e. The third-order valence-corrected chi connectivity index (χ3v) is 7.93. The van der Waals surface area contributed by atoms with E-state index in [1.807, 2.05) is 13.0 Å². The summed E-state index contributed by atoms with van der Waals surface area (Å²) in [7, 11) is 0. The van der Waals surface area contributed by atoms with Gasteiger partial charge in [-0.1, -0.05) is 127 Å². The zero-order valence-corrected chi connectivity index (χ0v) is 27.7. The van der Waals surface area contributed by atoms with Crippen molar-refractivity contribution in [3.05, 3.63) is 84.4 Å². The van der Waals surface area contributed by atoms with Gasteiger partial charge in [0.25, 0.3) is 0 Å². The number of carboxylic acids is 1. The number of unbranched alkanes of at least 4 members (excludes halogenated alkanes) is 10. The normalized spacial score (nSPS) is 11.8. The lowest BCUT2D eigenvalue weighted by atomic mass is 9.97. The number of carbonyl (C=O) groups is 1. The molecule has 0 fully saturated rings. The van der Waals surface area contributed by atoms with Crippen LogP contribution in [0, 0.1) is 5.92 Å². The van der Waals surface area contributed by atoms with E-state index in [4.69, 9.17) is 14.6 Å². The number of hydrogen-bond donors (Lipinski definition) is 1. The van der Waals surface area contributed by atoms with Crippen molar-refractivity contribution in [3.8, 4) is 22.6 Å². The summed E-state index contributed by atoms with van der Waals surface area (Å²) >= 11 is 0. The molecule has 1 atom stereocenters. The maximum absolute atomic E-state index is 13.0. The molecule has 0 heterocycles. The number of alkyl halides is 3. The van der Waals surface area contributed by atoms with Crippen molar-refractivity contribution in [2.75, 3.05) is 13.2 Å². The van der Waals surface area contributed by atoms with Crippen LogP contribution in [0.2, 0.25) is 0 Å². The Morgan fingerprint density at radius 1 is 0.609 bits per heavy atom. The van der Waals surface area contributed by atoms with Gasteiger partial charge in [-0.3, -0.25) is 0 Å². The molecule has 1 N–H and O–H groups in total. The van der Waals surface area contributed by atoms with Crippen LogP contribution in [0.15, 0.2) is 78.9 Å². The second-order valence-corrected chi connectivity index (χ2v) is 11.8. The predicted molar refractivity (Wildman–Crippen MR) is 182 cm³/mol. The maximum atomic E-state index is 13.0. The molecule has 3 aromatic rings. The van der Waals surface area contributed by atoms with E-state index in [0.717, 1.165) is 38.0 Å². The molecule has 4 nitrogen and oxygen atoms in total. The first-order chi connectivity index (χ1) is 22.2. The Bertz CT molecular complexity index is 1180. The molecule has 7 heteroatoms. The van der Waals surface area contributed by atoms with E-state index in [9.17, 15) is 18.0 Å². The SMILES string of the molecule is CCCCCCC(CCOc1ccc(C(=O)O)cc1)C(F)(F)F.CCCCCCCCCCOc1ccc(-c2ccccc2)cc1. The summed E-state index contributed by atoms with van der Waals surface area (Å²) in [5.74, 6) is -1.05. The zero-order chi connectivity index (χ0) is 33.5. The molecular weight excluding hydrogens is 589 g/mol. The molecule has 0 aliphatic heterocycles. The number of rotatable bonds is 21. The molecule has 0 bridgehead atoms. The summed E-state index contributed by atoms with van der Waals surface area (Å²) in [5, 5.41) is 8.77. The second-order valence-electron chi connectivity index (χ2n) is 11.8. The summed E-state index contributed by atoms with van der Waals surface area (Å²) in [6.07, 6.45) is 9.88. The van der Waals surface area contributed by atoms with E-state index in [1.54, 1.807) is 0 Å². The quantitative estimate of drug-likeness (QED) is 0.117. The van der Waals surface area contributed by atoms with Gasteiger partial charge in [0.15, 0.2) is 0 Å². The highest BCUT2D eigenvalue weighted by atomic mass is 19.4. The number of ether oxygens (including phenoxy) is 2. The predicted octanol–water partition coefficient (Wildman–Crippen LogP) is 12.2. The highest BCUT2D eigenvalue weighted by molar-refractivity contribution is 5.87. The van der Waals surface area contributed by atoms with E-state index >= 15 is 0 Å². The third-order valence-electron chi connectivity index (χ3n) is 7.93. The van der Waals surface area contributed by atoms with Gasteiger partial charge in [-0.2, -0.15) is 13.2 Å². The van der Waals surface area contributed by atoms with Crippen LogP contribution < -0.4 is 9.47 Å². The minimum Gasteiger partial charge on any atom is -0.494 e. The van der Waals surface area contributed by atoms with Gasteiger partial charge in [-0.15, -0.1) is 0 Å². The molecule has 3 rings (SSSR count). The lowest BCUT2D eigenvalue weighted by Crippen LogP contribution is -2.25. The van der Waals surface area contributed by atoms with Crippen molar-refractivity contribution in [1.29, 1.82) is 0 Å². The smallest absolute Gasteiger partial charge is 0.391 e. The summed E-state index contributed by atoms with van der Waals surface area (Å²) in [6, 6.07) is 24.5. The topological polar surface area (TPSA) is 55.8 Å². The van der Waals surface area contributed by atoms with E-state index in [1.165, 1.54) is 80.3 Å². The highest BCUT2D eigenvalue weighted by Crippen LogP contribution is 2.33. The Hall–Kier alpha value is -3.48. The number of carboxylic acid groups (broad SMARTS) is 1. The van der Waals surface area contributed by atoms with Gasteiger partial charge >= 0.3 is 12.1 Å². The number of hydrogen-bond acceptors (Lipinski definition) is 3. The van der Waals surface area contributed by atoms with Gasteiger partial charge < -0.3 is 14.6 Å². The van der Waals surface area contributed by atoms with Gasteiger partial charge in [0.05, 0.1) is 24.7 Å². The molecule has 3 aromatic carbocycles. The van der Waals surface area contributed by atoms with Crippen LogP contribution in [0.3, 0.4) is 0 Å². The van der Waals surface area contributed by atoms with Crippen LogP contribution >= 0.6 is 0 Å². The minimum absolute atomic E-state index is 0.0373. The van der Waals surface area contributed by atoms with E-state index in [-0.39, 0.29) is 25.0 Å². The van der Waals surface area contributed by atoms with Gasteiger partial charge in [0, 0.05) is 0 Å². The van der Waals surface area contributed by atoms with Crippen LogP contribution in [0.4, 0.5) is 13.2 Å². The molecule has 0 aliphatic carbocycles. The molecule has 0 spiro atoms. The van der Waals surface area contributed by atoms with Crippen molar-refractivity contribution in [2.45, 2.75) is 110 Å². The summed E-state index contributed by atoms with van der Waals surface area (Å²) in [6.45, 7) is 5.08. The first-order valence-electron chi connectivity index (χ1n) is 17.1. The fraction of sp³-hybridized carbons (Fsp3) is 0.513. The van der Waals surface area contributed by atoms with E-state index in [2.05, 4.69) is 55.5 Å².